The fraction of sp³-hybridized carbons (Fsp3) is 0.967. The van der Waals surface area contributed by atoms with Crippen molar-refractivity contribution in [3.05, 3.63) is 0 Å². The van der Waals surface area contributed by atoms with E-state index in [0.29, 0.717) is 0 Å². The molecule has 0 saturated carbocycles. The average molecular weight is 1500 g/mol. The van der Waals surface area contributed by atoms with E-state index in [-0.39, 0.29) is 49.1 Å². The summed E-state index contributed by atoms with van der Waals surface area (Å²) < 4.78 is 73.1. The van der Waals surface area contributed by atoms with Crippen LogP contribution in [0.1, 0.15) is 96.9 Å². The van der Waals surface area contributed by atoms with Crippen LogP contribution in [0.15, 0.2) is 0 Å². The summed E-state index contributed by atoms with van der Waals surface area (Å²) >= 11 is 0. The summed E-state index contributed by atoms with van der Waals surface area (Å²) in [4.78, 5) is 21.8. The van der Waals surface area contributed by atoms with Crippen LogP contribution in [0.4, 0.5) is 0 Å². The highest BCUT2D eigenvalue weighted by Gasteiger charge is 2.53. The van der Waals surface area contributed by atoms with Crippen LogP contribution in [0, 0.1) is 0 Å². The molecule has 0 aromatic heterocycles. The first-order chi connectivity index (χ1) is 47.3. The normalized spacial score (nSPS) is 42.3. The van der Waals surface area contributed by atoms with Gasteiger partial charge in [-0.15, -0.1) is 0 Å². The molecular weight excluding hydrogens is 1390 g/mol. The number of carboxylic acid groups (broad SMARTS) is 1. The quantitative estimate of drug-likeness (QED) is 0.0538. The summed E-state index contributed by atoms with van der Waals surface area (Å²) in [6.45, 7) is 21.8. The molecule has 41 heteroatoms. The van der Waals surface area contributed by atoms with Gasteiger partial charge < -0.3 is 194 Å². The van der Waals surface area contributed by atoms with Gasteiger partial charge in [0.2, 0.25) is 5.91 Å². The number of rotatable bonds is 20. The molecule has 1 amide bonds. The Morgan fingerprint density at radius 2 is 0.657 bits per heavy atom. The number of hydrogen-bond acceptors (Lipinski definition) is 39. The highest BCUT2D eigenvalue weighted by atomic mass is 16.8. The Morgan fingerprint density at radius 1 is 0.353 bits per heavy atom. The van der Waals surface area contributed by atoms with Crippen molar-refractivity contribution in [1.82, 2.24) is 5.32 Å². The first kappa shape index (κ1) is 95.5. The largest absolute Gasteiger partial charge is 0.479 e. The van der Waals surface area contributed by atoms with E-state index in [9.17, 15) is 112 Å². The second-order valence-electron chi connectivity index (χ2n) is 26.4. The van der Waals surface area contributed by atoms with Crippen molar-refractivity contribution in [3.63, 3.8) is 0 Å². The summed E-state index contributed by atoms with van der Waals surface area (Å²) in [5, 5.41) is 230. The third-order valence-electron chi connectivity index (χ3n) is 15.6. The summed E-state index contributed by atoms with van der Waals surface area (Å²) in [6, 6.07) is -0.873. The molecule has 7 heterocycles. The molecule has 0 radical (unpaired) electrons. The van der Waals surface area contributed by atoms with Crippen molar-refractivity contribution in [2.75, 3.05) is 33.0 Å². The third kappa shape index (κ3) is 28.5. The predicted octanol–water partition coefficient (Wildman–Crippen LogP) is -11.0. The van der Waals surface area contributed by atoms with Crippen molar-refractivity contribution in [2.45, 2.75) is 342 Å². The maximum Gasteiger partial charge on any atom is 0.335 e. The third-order valence-corrected chi connectivity index (χ3v) is 15.6. The minimum absolute atomic E-state index is 0.0182. The van der Waals surface area contributed by atoms with Gasteiger partial charge in [0.05, 0.1) is 75.8 Å². The van der Waals surface area contributed by atoms with Crippen molar-refractivity contribution < 1.29 is 198 Å². The zero-order valence-corrected chi connectivity index (χ0v) is 59.4. The minimum Gasteiger partial charge on any atom is -0.479 e. The lowest BCUT2D eigenvalue weighted by Crippen LogP contribution is -2.64. The summed E-state index contributed by atoms with van der Waals surface area (Å²) in [6.07, 6.45) is -42.8. The molecule has 0 spiro atoms. The number of amides is 1. The molecule has 0 aliphatic carbocycles. The van der Waals surface area contributed by atoms with Gasteiger partial charge in [0.1, 0.15) is 153 Å². The van der Waals surface area contributed by atoms with Gasteiger partial charge in [0.15, 0.2) is 50.1 Å². The second-order valence-corrected chi connectivity index (χ2v) is 26.4. The fourth-order valence-electron chi connectivity index (χ4n) is 10.2. The van der Waals surface area contributed by atoms with Crippen LogP contribution in [0.2, 0.25) is 0 Å². The summed E-state index contributed by atoms with van der Waals surface area (Å²) in [5.41, 5.74) is 0. The van der Waals surface area contributed by atoms with E-state index in [1.165, 1.54) is 6.92 Å². The molecule has 7 fully saturated rings. The van der Waals surface area contributed by atoms with E-state index in [2.05, 4.69) is 5.32 Å². The van der Waals surface area contributed by atoms with Crippen molar-refractivity contribution in [1.29, 1.82) is 0 Å². The number of aliphatic hydroxyl groups excluding tert-OH is 23. The van der Waals surface area contributed by atoms with Crippen molar-refractivity contribution in [2.24, 2.45) is 0 Å². The predicted molar refractivity (Wildman–Crippen MR) is 337 cm³/mol. The SMILES string of the molecule is CC(=O)NC1C(OC(C)C)OC(CO)C(O)C1O.CC(C)OC1OC(C(=O)O)C(O)C(O)C1O.CC(C)OC1OC(C)C(O)C(O)C1O.CC(C)OC1OC(CO)C(O)C(O)C1O.CC(C)OC1OC(CO)C(OC2OC(CO)C(O)C(O)C2O)C(O)C1O.CC(C)OC1OCC(O)C(O)C1O. The van der Waals surface area contributed by atoms with Crippen LogP contribution >= 0.6 is 0 Å². The van der Waals surface area contributed by atoms with Crippen LogP contribution in [0.3, 0.4) is 0 Å². The van der Waals surface area contributed by atoms with Gasteiger partial charge >= 0.3 is 5.97 Å². The van der Waals surface area contributed by atoms with Crippen LogP contribution in [0.25, 0.3) is 0 Å². The molecule has 34 atom stereocenters. The van der Waals surface area contributed by atoms with Gasteiger partial charge in [-0.05, 0) is 90.0 Å². The highest BCUT2D eigenvalue weighted by Crippen LogP contribution is 2.32. The van der Waals surface area contributed by atoms with E-state index in [1.54, 1.807) is 90.0 Å². The molecule has 41 nitrogen and oxygen atoms in total. The minimum atomic E-state index is -1.69. The van der Waals surface area contributed by atoms with Gasteiger partial charge in [-0.1, -0.05) is 0 Å². The molecule has 7 saturated heterocycles. The Bertz CT molecular complexity index is 2280. The molecule has 34 unspecified atom stereocenters. The molecule has 7 aliphatic heterocycles. The van der Waals surface area contributed by atoms with Crippen molar-refractivity contribution >= 4 is 11.9 Å². The Labute approximate surface area is 589 Å². The monoisotopic (exact) mass is 1500 g/mol. The molecule has 25 N–H and O–H groups in total. The van der Waals surface area contributed by atoms with E-state index >= 15 is 0 Å². The summed E-state index contributed by atoms with van der Waals surface area (Å²) in [7, 11) is 0. The lowest BCUT2D eigenvalue weighted by atomic mass is 9.97. The maximum absolute atomic E-state index is 11.1. The molecule has 0 aromatic rings. The van der Waals surface area contributed by atoms with E-state index < -0.39 is 241 Å². The Morgan fingerprint density at radius 3 is 1.05 bits per heavy atom. The lowest BCUT2D eigenvalue weighted by molar-refractivity contribution is -0.361. The van der Waals surface area contributed by atoms with Crippen molar-refractivity contribution in [3.8, 4) is 0 Å². The zero-order valence-electron chi connectivity index (χ0n) is 59.4. The number of carboxylic acids is 1. The molecule has 606 valence electrons. The van der Waals surface area contributed by atoms with Crippen LogP contribution in [0.5, 0.6) is 0 Å². The van der Waals surface area contributed by atoms with Gasteiger partial charge in [-0.2, -0.15) is 0 Å². The van der Waals surface area contributed by atoms with Gasteiger partial charge in [-0.3, -0.25) is 4.79 Å². The zero-order chi connectivity index (χ0) is 78.4. The molecule has 102 heavy (non-hydrogen) atoms. The van der Waals surface area contributed by atoms with E-state index in [1.807, 2.05) is 0 Å². The second kappa shape index (κ2) is 45.4. The molecule has 0 aromatic carbocycles. The molecule has 0 bridgehead atoms. The standard InChI is InChI=1S/C15H28O11.C11H21NO6.C9H16O7.C9H18O6.C9H18O5.C8H16O5/c1-5(2)23-14-12(22)10(20)13(7(4-17)25-14)26-15-11(21)9(19)8(18)6(3-16)24-15;1-5(2)17-11-8(12-6(3)14)10(16)9(15)7(4-13)18-11;1-3(2)15-9-6(12)4(10)5(11)7(16-9)8(13)14;1-4(2)14-9-8(13)7(12)6(11)5(3-10)15-9;1-4(2)13-9-8(12)7(11)6(10)5(3)14-9;1-4(2)13-8-7(11)6(10)5(9)3-12-8/h5-22H,3-4H2,1-2H3;5,7-11,13,15-16H,4H2,1-3H3,(H,12,14);3-7,9-12H,1-2H3,(H,13,14);4-13H,3H2,1-2H3;4-12H,1-3H3;4-11H,3H2,1-2H3. The number of nitrogens with one attached hydrogen (secondary N) is 1. The Kier molecular flexibility index (Phi) is 42.6. The Balaban J connectivity index is 0.000000423. The van der Waals surface area contributed by atoms with Gasteiger partial charge in [-0.25, -0.2) is 4.79 Å². The van der Waals surface area contributed by atoms with Crippen LogP contribution in [-0.2, 0) is 75.9 Å². The number of carbonyl (C=O) groups excluding carboxylic acids is 1. The topological polar surface area (TPSA) is 661 Å². The molecular formula is C61H117NO40. The molecule has 7 rings (SSSR count). The van der Waals surface area contributed by atoms with E-state index in [4.69, 9.17) is 86.7 Å². The smallest absolute Gasteiger partial charge is 0.335 e. The number of aliphatic hydroxyl groups is 23. The highest BCUT2D eigenvalue weighted by molar-refractivity contribution is 5.73. The fourth-order valence-corrected chi connectivity index (χ4v) is 10.2. The summed E-state index contributed by atoms with van der Waals surface area (Å²) in [5.74, 6) is -1.79. The van der Waals surface area contributed by atoms with Crippen LogP contribution in [-0.4, -0.2) is 413 Å². The average Bonchev–Trinajstić information content (AvgIpc) is 0.802. The number of hydrogen-bond donors (Lipinski definition) is 25. The van der Waals surface area contributed by atoms with Gasteiger partial charge in [0.25, 0.3) is 0 Å². The van der Waals surface area contributed by atoms with E-state index in [0.717, 1.165) is 0 Å². The molecule has 7 aliphatic rings. The number of ether oxygens (including phenoxy) is 14. The number of carbonyl (C=O) groups is 2. The lowest BCUT2D eigenvalue weighted by Gasteiger charge is -2.46. The first-order valence-electron chi connectivity index (χ1n) is 33.3. The number of aliphatic carboxylic acids is 1. The van der Waals surface area contributed by atoms with Crippen LogP contribution < -0.4 is 5.32 Å². The Hall–Kier alpha value is -2.54. The maximum atomic E-state index is 11.1. The first-order valence-corrected chi connectivity index (χ1v) is 33.3. The van der Waals surface area contributed by atoms with Gasteiger partial charge in [0, 0.05) is 6.92 Å².